The molecular weight excluding hydrogens is 362 g/mol. The van der Waals surface area contributed by atoms with Gasteiger partial charge in [-0.05, 0) is 76.4 Å². The molecule has 0 saturated heterocycles. The topological polar surface area (TPSA) is 49.8 Å². The third-order valence-corrected chi connectivity index (χ3v) is 5.07. The second kappa shape index (κ2) is 8.16. The molecule has 1 amide bonds. The highest BCUT2D eigenvalue weighted by Crippen LogP contribution is 2.36. The van der Waals surface area contributed by atoms with Crippen molar-refractivity contribution in [1.29, 1.82) is 0 Å². The van der Waals surface area contributed by atoms with Gasteiger partial charge < -0.3 is 9.84 Å². The van der Waals surface area contributed by atoms with Gasteiger partial charge in [0.2, 0.25) is 0 Å². The van der Waals surface area contributed by atoms with Crippen LogP contribution in [0.25, 0.3) is 11.1 Å². The van der Waals surface area contributed by atoms with Gasteiger partial charge in [0.1, 0.15) is 5.75 Å². The van der Waals surface area contributed by atoms with Gasteiger partial charge in [0.25, 0.3) is 0 Å². The van der Waals surface area contributed by atoms with Gasteiger partial charge in [0, 0.05) is 0 Å². The molecule has 0 aliphatic carbocycles. The molecule has 0 aromatic heterocycles. The predicted molar refractivity (Wildman–Crippen MR) is 120 cm³/mol. The molecule has 0 unspecified atom stereocenters. The number of hydrogen-bond donors (Lipinski definition) is 1. The molecule has 4 nitrogen and oxygen atoms in total. The zero-order valence-corrected chi connectivity index (χ0v) is 18.2. The van der Waals surface area contributed by atoms with Crippen molar-refractivity contribution in [3.63, 3.8) is 0 Å². The summed E-state index contributed by atoms with van der Waals surface area (Å²) < 4.78 is 6.14. The number of nitrogens with zero attached hydrogens (tertiary/aromatic N) is 1. The van der Waals surface area contributed by atoms with E-state index in [0.29, 0.717) is 5.75 Å². The molecule has 1 N–H and O–H groups in total. The zero-order chi connectivity index (χ0) is 22.0. The first-order valence-electron chi connectivity index (χ1n) is 9.61. The SMILES string of the molecule is C=C(C)c1ccc(OC(C)(C)N(C(=O)O)C(C)(C)c2cccc(C(=C)C)c2)cc1. The quantitative estimate of drug-likeness (QED) is 0.527. The van der Waals surface area contributed by atoms with Crippen LogP contribution in [0.5, 0.6) is 5.75 Å². The number of rotatable bonds is 7. The van der Waals surface area contributed by atoms with Crippen LogP contribution in [0.3, 0.4) is 0 Å². The Kier molecular flexibility index (Phi) is 6.27. The zero-order valence-electron chi connectivity index (χ0n) is 18.2. The number of hydrogen-bond acceptors (Lipinski definition) is 2. The molecule has 0 atom stereocenters. The Morgan fingerprint density at radius 2 is 1.48 bits per heavy atom. The summed E-state index contributed by atoms with van der Waals surface area (Å²) >= 11 is 0. The van der Waals surface area contributed by atoms with Crippen LogP contribution in [0.4, 0.5) is 4.79 Å². The highest BCUT2D eigenvalue weighted by Gasteiger charge is 2.44. The lowest BCUT2D eigenvalue weighted by molar-refractivity contribution is -0.0890. The maximum absolute atomic E-state index is 12.3. The van der Waals surface area contributed by atoms with Gasteiger partial charge in [0.15, 0.2) is 5.72 Å². The van der Waals surface area contributed by atoms with Crippen LogP contribution in [-0.2, 0) is 5.54 Å². The van der Waals surface area contributed by atoms with Gasteiger partial charge in [-0.2, -0.15) is 0 Å². The number of benzene rings is 2. The third kappa shape index (κ3) is 4.89. The molecule has 0 aliphatic rings. The first kappa shape index (κ1) is 22.3. The summed E-state index contributed by atoms with van der Waals surface area (Å²) in [4.78, 5) is 13.7. The molecule has 0 saturated carbocycles. The molecule has 0 spiro atoms. The number of allylic oxidation sites excluding steroid dienone is 2. The van der Waals surface area contributed by atoms with Crippen LogP contribution < -0.4 is 4.74 Å². The van der Waals surface area contributed by atoms with Gasteiger partial charge in [-0.3, -0.25) is 4.90 Å². The van der Waals surface area contributed by atoms with Crippen LogP contribution in [0.15, 0.2) is 61.7 Å². The van der Waals surface area contributed by atoms with Gasteiger partial charge in [-0.15, -0.1) is 0 Å². The average Bonchev–Trinajstić information content (AvgIpc) is 2.60. The number of ether oxygens (including phenoxy) is 1. The second-order valence-corrected chi connectivity index (χ2v) is 8.39. The Labute approximate surface area is 174 Å². The summed E-state index contributed by atoms with van der Waals surface area (Å²) in [5, 5.41) is 10.1. The number of carboxylic acid groups (broad SMARTS) is 1. The molecule has 0 aliphatic heterocycles. The lowest BCUT2D eigenvalue weighted by atomic mass is 9.88. The predicted octanol–water partition coefficient (Wildman–Crippen LogP) is 6.78. The fraction of sp³-hybridized carbons (Fsp3) is 0.320. The Morgan fingerprint density at radius 3 is 1.97 bits per heavy atom. The molecule has 0 bridgehead atoms. The average molecular weight is 394 g/mol. The summed E-state index contributed by atoms with van der Waals surface area (Å²) in [5.74, 6) is 0.595. The van der Waals surface area contributed by atoms with Gasteiger partial charge in [-0.25, -0.2) is 4.79 Å². The molecule has 29 heavy (non-hydrogen) atoms. The van der Waals surface area contributed by atoms with Crippen LogP contribution >= 0.6 is 0 Å². The summed E-state index contributed by atoms with van der Waals surface area (Å²) in [7, 11) is 0. The minimum Gasteiger partial charge on any atom is -0.468 e. The van der Waals surface area contributed by atoms with E-state index in [0.717, 1.165) is 27.8 Å². The highest BCUT2D eigenvalue weighted by molar-refractivity contribution is 5.68. The summed E-state index contributed by atoms with van der Waals surface area (Å²) in [5.41, 5.74) is 2.81. The van der Waals surface area contributed by atoms with Crippen molar-refractivity contribution in [3.05, 3.63) is 78.4 Å². The highest BCUT2D eigenvalue weighted by atomic mass is 16.5. The summed E-state index contributed by atoms with van der Waals surface area (Å²) in [6.07, 6.45) is -1.06. The maximum atomic E-state index is 12.3. The van der Waals surface area contributed by atoms with E-state index in [1.807, 2.05) is 76.2 Å². The van der Waals surface area contributed by atoms with Crippen molar-refractivity contribution >= 4 is 17.2 Å². The molecule has 2 aromatic carbocycles. The maximum Gasteiger partial charge on any atom is 0.411 e. The van der Waals surface area contributed by atoms with Crippen LogP contribution in [0, 0.1) is 0 Å². The van der Waals surface area contributed by atoms with Crippen molar-refractivity contribution in [3.8, 4) is 5.75 Å². The lowest BCUT2D eigenvalue weighted by Crippen LogP contribution is -2.59. The van der Waals surface area contributed by atoms with E-state index in [1.165, 1.54) is 4.90 Å². The van der Waals surface area contributed by atoms with Crippen molar-refractivity contribution in [2.75, 3.05) is 0 Å². The van der Waals surface area contributed by atoms with Crippen molar-refractivity contribution < 1.29 is 14.6 Å². The van der Waals surface area contributed by atoms with E-state index in [-0.39, 0.29) is 0 Å². The molecule has 0 fully saturated rings. The Morgan fingerprint density at radius 1 is 0.931 bits per heavy atom. The van der Waals surface area contributed by atoms with E-state index < -0.39 is 17.4 Å². The van der Waals surface area contributed by atoms with Crippen LogP contribution in [-0.4, -0.2) is 21.8 Å². The van der Waals surface area contributed by atoms with Crippen LogP contribution in [0.1, 0.15) is 58.2 Å². The standard InChI is InChI=1S/C25H31NO3/c1-17(2)19-12-14-22(15-13-19)29-25(7,8)26(23(27)28)24(5,6)21-11-9-10-20(16-21)18(3)4/h9-16H,1,3H2,2,4-8H3,(H,27,28). The van der Waals surface area contributed by atoms with E-state index in [4.69, 9.17) is 4.74 Å². The minimum absolute atomic E-state index is 0.595. The summed E-state index contributed by atoms with van der Waals surface area (Å²) in [6.45, 7) is 19.1. The lowest BCUT2D eigenvalue weighted by Gasteiger charge is -2.46. The Hall–Kier alpha value is -3.01. The molecule has 4 heteroatoms. The van der Waals surface area contributed by atoms with E-state index in [9.17, 15) is 9.90 Å². The molecule has 154 valence electrons. The molecule has 0 heterocycles. The molecule has 2 aromatic rings. The summed E-state index contributed by atoms with van der Waals surface area (Å²) in [6, 6.07) is 15.3. The smallest absolute Gasteiger partial charge is 0.411 e. The molecular formula is C25H31NO3. The fourth-order valence-electron chi connectivity index (χ4n) is 3.58. The Balaban J connectivity index is 2.42. The number of amides is 1. The second-order valence-electron chi connectivity index (χ2n) is 8.39. The van der Waals surface area contributed by atoms with Crippen molar-refractivity contribution in [2.45, 2.75) is 52.8 Å². The first-order valence-corrected chi connectivity index (χ1v) is 9.61. The van der Waals surface area contributed by atoms with Crippen molar-refractivity contribution in [1.82, 2.24) is 4.90 Å². The third-order valence-electron chi connectivity index (χ3n) is 5.07. The molecule has 2 rings (SSSR count). The van der Waals surface area contributed by atoms with Crippen molar-refractivity contribution in [2.24, 2.45) is 0 Å². The van der Waals surface area contributed by atoms with Gasteiger partial charge in [0.05, 0.1) is 5.54 Å². The minimum atomic E-state index is -1.11. The first-order chi connectivity index (χ1) is 13.4. The normalized spacial score (nSPS) is 11.7. The van der Waals surface area contributed by atoms with Crippen LogP contribution in [0.2, 0.25) is 0 Å². The van der Waals surface area contributed by atoms with Gasteiger partial charge >= 0.3 is 6.09 Å². The van der Waals surface area contributed by atoms with E-state index in [2.05, 4.69) is 13.2 Å². The number of carbonyl (C=O) groups is 1. The van der Waals surface area contributed by atoms with E-state index in [1.54, 1.807) is 13.8 Å². The fourth-order valence-corrected chi connectivity index (χ4v) is 3.58. The molecule has 0 radical (unpaired) electrons. The largest absolute Gasteiger partial charge is 0.468 e. The van der Waals surface area contributed by atoms with Gasteiger partial charge in [-0.1, -0.05) is 54.6 Å². The monoisotopic (exact) mass is 393 g/mol. The Bertz CT molecular complexity index is 923. The van der Waals surface area contributed by atoms with E-state index >= 15 is 0 Å².